The zero-order chi connectivity index (χ0) is 29.7. The van der Waals surface area contributed by atoms with Crippen LogP contribution in [-0.4, -0.2) is 44.3 Å². The molecule has 0 amide bonds. The zero-order valence-corrected chi connectivity index (χ0v) is 21.7. The molecule has 4 N–H and O–H groups in total. The molecule has 10 heteroatoms. The fraction of sp³-hybridized carbons (Fsp3) is 0.0968. The second-order valence-corrected chi connectivity index (χ2v) is 8.93. The third kappa shape index (κ3) is 6.51. The van der Waals surface area contributed by atoms with Gasteiger partial charge in [0.2, 0.25) is 0 Å². The monoisotopic (exact) mass is 556 g/mol. The lowest BCUT2D eigenvalue weighted by Gasteiger charge is -2.14. The van der Waals surface area contributed by atoms with E-state index in [4.69, 9.17) is 9.47 Å². The second-order valence-electron chi connectivity index (χ2n) is 8.93. The molecule has 0 atom stereocenters. The molecule has 0 saturated carbocycles. The van der Waals surface area contributed by atoms with E-state index in [-0.39, 0.29) is 33.8 Å². The van der Waals surface area contributed by atoms with Crippen LogP contribution in [0.2, 0.25) is 0 Å². The van der Waals surface area contributed by atoms with Crippen LogP contribution in [0.25, 0.3) is 11.1 Å². The molecule has 0 saturated heterocycles. The van der Waals surface area contributed by atoms with Crippen molar-refractivity contribution in [1.82, 2.24) is 0 Å². The van der Waals surface area contributed by atoms with E-state index < -0.39 is 23.9 Å². The summed E-state index contributed by atoms with van der Waals surface area (Å²) in [5.41, 5.74) is 1.34. The fourth-order valence-corrected chi connectivity index (χ4v) is 4.27. The maximum atomic E-state index is 11.5. The smallest absolute Gasteiger partial charge is 0.336 e. The van der Waals surface area contributed by atoms with E-state index >= 15 is 0 Å². The Kier molecular flexibility index (Phi) is 8.33. The summed E-state index contributed by atoms with van der Waals surface area (Å²) in [6.07, 6.45) is 1.56. The van der Waals surface area contributed by atoms with Gasteiger partial charge in [0.15, 0.2) is 0 Å². The molecule has 0 spiro atoms. The molecule has 41 heavy (non-hydrogen) atoms. The van der Waals surface area contributed by atoms with Crippen LogP contribution in [0.5, 0.6) is 23.0 Å². The number of carboxylic acid groups (broad SMARTS) is 4. The van der Waals surface area contributed by atoms with Crippen molar-refractivity contribution < 1.29 is 49.1 Å². The standard InChI is InChI=1S/C31H24O10/c1-2-3-18-14-20(41-22-10-13-25(29(34)35)27(16-22)31(38)39)8-11-23(18)17-4-6-19(7-5-17)40-21-9-12-24(28(32)33)26(15-21)30(36)37/h4-16H,2-3H2,1H3,(H,32,33)(H,34,35)(H,36,37)(H,38,39). The Labute approximate surface area is 233 Å². The lowest BCUT2D eigenvalue weighted by Crippen LogP contribution is -2.08. The number of hydrogen-bond donors (Lipinski definition) is 4. The first-order chi connectivity index (χ1) is 19.6. The van der Waals surface area contributed by atoms with E-state index in [0.717, 1.165) is 35.6 Å². The molecule has 0 bridgehead atoms. The molecule has 208 valence electrons. The van der Waals surface area contributed by atoms with Crippen LogP contribution in [-0.2, 0) is 6.42 Å². The molecule has 0 heterocycles. The van der Waals surface area contributed by atoms with Crippen molar-refractivity contribution in [3.05, 3.63) is 107 Å². The molecular weight excluding hydrogens is 532 g/mol. The van der Waals surface area contributed by atoms with E-state index in [1.807, 2.05) is 31.2 Å². The normalized spacial score (nSPS) is 10.6. The first-order valence-electron chi connectivity index (χ1n) is 12.4. The third-order valence-electron chi connectivity index (χ3n) is 6.14. The highest BCUT2D eigenvalue weighted by atomic mass is 16.5. The van der Waals surface area contributed by atoms with Gasteiger partial charge in [-0.15, -0.1) is 0 Å². The highest BCUT2D eigenvalue weighted by Crippen LogP contribution is 2.33. The highest BCUT2D eigenvalue weighted by molar-refractivity contribution is 6.02. The van der Waals surface area contributed by atoms with Crippen LogP contribution in [0.3, 0.4) is 0 Å². The number of aryl methyl sites for hydroxylation is 1. The van der Waals surface area contributed by atoms with Crippen molar-refractivity contribution in [2.24, 2.45) is 0 Å². The minimum absolute atomic E-state index is 0.177. The Morgan fingerprint density at radius 3 is 1.41 bits per heavy atom. The number of ether oxygens (including phenoxy) is 2. The van der Waals surface area contributed by atoms with Crippen LogP contribution in [0, 0.1) is 0 Å². The molecular formula is C31H24O10. The first-order valence-corrected chi connectivity index (χ1v) is 12.4. The SMILES string of the molecule is CCCc1cc(Oc2ccc(C(=O)O)c(C(=O)O)c2)ccc1-c1ccc(Oc2ccc(C(=O)O)c(C(=O)O)c2)cc1. The van der Waals surface area contributed by atoms with E-state index in [9.17, 15) is 39.6 Å². The predicted molar refractivity (Wildman–Crippen MR) is 147 cm³/mol. The number of aromatic carboxylic acids is 4. The molecule has 4 aromatic rings. The van der Waals surface area contributed by atoms with Crippen molar-refractivity contribution in [3.8, 4) is 34.1 Å². The van der Waals surface area contributed by atoms with Crippen LogP contribution in [0.1, 0.15) is 60.3 Å². The maximum absolute atomic E-state index is 11.5. The van der Waals surface area contributed by atoms with Gasteiger partial charge in [-0.05, 0) is 83.8 Å². The molecule has 0 radical (unpaired) electrons. The topological polar surface area (TPSA) is 168 Å². The lowest BCUT2D eigenvalue weighted by atomic mass is 9.96. The third-order valence-corrected chi connectivity index (χ3v) is 6.14. The Bertz CT molecular complexity index is 1650. The molecule has 10 nitrogen and oxygen atoms in total. The number of carbonyl (C=O) groups is 4. The number of benzene rings is 4. The van der Waals surface area contributed by atoms with E-state index in [1.165, 1.54) is 30.3 Å². The van der Waals surface area contributed by atoms with Crippen molar-refractivity contribution in [3.63, 3.8) is 0 Å². The maximum Gasteiger partial charge on any atom is 0.336 e. The quantitative estimate of drug-likeness (QED) is 0.156. The summed E-state index contributed by atoms with van der Waals surface area (Å²) in [6.45, 7) is 2.03. The van der Waals surface area contributed by atoms with E-state index in [2.05, 4.69) is 0 Å². The Hall–Kier alpha value is -5.64. The van der Waals surface area contributed by atoms with Gasteiger partial charge in [0.25, 0.3) is 0 Å². The van der Waals surface area contributed by atoms with Crippen molar-refractivity contribution in [1.29, 1.82) is 0 Å². The fourth-order valence-electron chi connectivity index (χ4n) is 4.27. The van der Waals surface area contributed by atoms with Crippen LogP contribution < -0.4 is 9.47 Å². The van der Waals surface area contributed by atoms with Gasteiger partial charge in [0.05, 0.1) is 22.3 Å². The Morgan fingerprint density at radius 1 is 0.537 bits per heavy atom. The van der Waals surface area contributed by atoms with Gasteiger partial charge < -0.3 is 29.9 Å². The molecule has 0 fully saturated rings. The van der Waals surface area contributed by atoms with Gasteiger partial charge in [-0.2, -0.15) is 0 Å². The highest BCUT2D eigenvalue weighted by Gasteiger charge is 2.18. The molecule has 0 unspecified atom stereocenters. The minimum Gasteiger partial charge on any atom is -0.478 e. The van der Waals surface area contributed by atoms with E-state index in [0.29, 0.717) is 11.5 Å². The summed E-state index contributed by atoms with van der Waals surface area (Å²) >= 11 is 0. The Balaban J connectivity index is 1.57. The predicted octanol–water partition coefficient (Wildman–Crippen LogP) is 6.68. The van der Waals surface area contributed by atoms with Gasteiger partial charge in [-0.1, -0.05) is 31.5 Å². The van der Waals surface area contributed by atoms with Crippen molar-refractivity contribution in [2.45, 2.75) is 19.8 Å². The summed E-state index contributed by atoms with van der Waals surface area (Å²) in [6, 6.07) is 20.0. The molecule has 4 aromatic carbocycles. The van der Waals surface area contributed by atoms with Gasteiger partial charge in [0.1, 0.15) is 23.0 Å². The molecule has 0 aromatic heterocycles. The second kappa shape index (κ2) is 12.0. The first kappa shape index (κ1) is 28.4. The van der Waals surface area contributed by atoms with Gasteiger partial charge >= 0.3 is 23.9 Å². The molecule has 0 aliphatic heterocycles. The van der Waals surface area contributed by atoms with Crippen LogP contribution in [0.4, 0.5) is 0 Å². The van der Waals surface area contributed by atoms with E-state index in [1.54, 1.807) is 18.2 Å². The summed E-state index contributed by atoms with van der Waals surface area (Å²) in [5.74, 6) is -4.21. The number of rotatable bonds is 11. The largest absolute Gasteiger partial charge is 0.478 e. The van der Waals surface area contributed by atoms with Crippen LogP contribution >= 0.6 is 0 Å². The number of carboxylic acids is 4. The van der Waals surface area contributed by atoms with Gasteiger partial charge in [-0.25, -0.2) is 19.2 Å². The van der Waals surface area contributed by atoms with Gasteiger partial charge in [-0.3, -0.25) is 0 Å². The average molecular weight is 557 g/mol. The van der Waals surface area contributed by atoms with Crippen LogP contribution in [0.15, 0.2) is 78.9 Å². The summed E-state index contributed by atoms with van der Waals surface area (Å²) in [5, 5.41) is 37.1. The number of hydrogen-bond acceptors (Lipinski definition) is 6. The zero-order valence-electron chi connectivity index (χ0n) is 21.7. The molecule has 4 rings (SSSR count). The molecule has 0 aliphatic rings. The summed E-state index contributed by atoms with van der Waals surface area (Å²) in [4.78, 5) is 45.5. The molecule has 0 aliphatic carbocycles. The van der Waals surface area contributed by atoms with Gasteiger partial charge in [0, 0.05) is 0 Å². The lowest BCUT2D eigenvalue weighted by molar-refractivity contribution is 0.0651. The minimum atomic E-state index is -1.38. The average Bonchev–Trinajstić information content (AvgIpc) is 2.93. The van der Waals surface area contributed by atoms with Crippen molar-refractivity contribution >= 4 is 23.9 Å². The van der Waals surface area contributed by atoms with Crippen molar-refractivity contribution in [2.75, 3.05) is 0 Å². The summed E-state index contributed by atoms with van der Waals surface area (Å²) in [7, 11) is 0. The Morgan fingerprint density at radius 2 is 0.951 bits per heavy atom. The summed E-state index contributed by atoms with van der Waals surface area (Å²) < 4.78 is 11.6.